The fourth-order valence-corrected chi connectivity index (χ4v) is 1.99. The molecular formula is C10H17IN4O. The first-order valence-corrected chi connectivity index (χ1v) is 6.36. The summed E-state index contributed by atoms with van der Waals surface area (Å²) in [5.74, 6) is 5.10. The van der Waals surface area contributed by atoms with Gasteiger partial charge in [-0.1, -0.05) is 0 Å². The molecule has 0 heterocycles. The second kappa shape index (κ2) is 6.85. The maximum atomic E-state index is 11.3. The molecule has 0 aromatic heterocycles. The van der Waals surface area contributed by atoms with Gasteiger partial charge in [0.25, 0.3) is 0 Å². The van der Waals surface area contributed by atoms with Crippen molar-refractivity contribution in [1.82, 2.24) is 5.43 Å². The highest BCUT2D eigenvalue weighted by molar-refractivity contribution is 14.1. The third-order valence-corrected chi connectivity index (χ3v) is 3.42. The number of nitrogens with two attached hydrogens (primary N) is 2. The number of hydrazine groups is 1. The summed E-state index contributed by atoms with van der Waals surface area (Å²) < 4.78 is 0.930. The van der Waals surface area contributed by atoms with Gasteiger partial charge < -0.3 is 5.73 Å². The molecule has 0 aliphatic heterocycles. The Morgan fingerprint density at radius 2 is 2.00 bits per heavy atom. The molecule has 16 heavy (non-hydrogen) atoms. The summed E-state index contributed by atoms with van der Waals surface area (Å²) in [5.41, 5.74) is 7.54. The zero-order valence-electron chi connectivity index (χ0n) is 9.03. The van der Waals surface area contributed by atoms with E-state index in [4.69, 9.17) is 11.6 Å². The molecule has 0 spiro atoms. The molecule has 5 nitrogen and oxygen atoms in total. The SMILES string of the molecule is NC=C(I)C=NC1CCC(C(=O)NN)CC1. The minimum absolute atomic E-state index is 0.0561. The predicted molar refractivity (Wildman–Crippen MR) is 72.9 cm³/mol. The van der Waals surface area contributed by atoms with E-state index in [1.54, 1.807) is 6.21 Å². The molecule has 90 valence electrons. The van der Waals surface area contributed by atoms with Gasteiger partial charge in [-0.3, -0.25) is 15.2 Å². The number of hydrogen-bond donors (Lipinski definition) is 3. The summed E-state index contributed by atoms with van der Waals surface area (Å²) in [7, 11) is 0. The van der Waals surface area contributed by atoms with Crippen molar-refractivity contribution >= 4 is 34.7 Å². The maximum Gasteiger partial charge on any atom is 0.236 e. The molecule has 1 aliphatic rings. The van der Waals surface area contributed by atoms with Gasteiger partial charge in [-0.25, -0.2) is 5.84 Å². The number of carbonyl (C=O) groups is 1. The van der Waals surface area contributed by atoms with Crippen molar-refractivity contribution in [2.75, 3.05) is 0 Å². The van der Waals surface area contributed by atoms with Gasteiger partial charge in [0.15, 0.2) is 0 Å². The van der Waals surface area contributed by atoms with Gasteiger partial charge >= 0.3 is 0 Å². The quantitative estimate of drug-likeness (QED) is 0.234. The lowest BCUT2D eigenvalue weighted by Gasteiger charge is -2.24. The number of carbonyl (C=O) groups excluding carboxylic acids is 1. The summed E-state index contributed by atoms with van der Waals surface area (Å²) in [6.45, 7) is 0. The van der Waals surface area contributed by atoms with E-state index in [9.17, 15) is 4.79 Å². The van der Waals surface area contributed by atoms with E-state index in [2.05, 4.69) is 33.0 Å². The molecule has 0 bridgehead atoms. The monoisotopic (exact) mass is 336 g/mol. The van der Waals surface area contributed by atoms with Gasteiger partial charge in [-0.05, 0) is 48.3 Å². The molecule has 1 fully saturated rings. The predicted octanol–water partition coefficient (Wildman–Crippen LogP) is 0.841. The third kappa shape index (κ3) is 4.09. The van der Waals surface area contributed by atoms with Gasteiger partial charge in [-0.15, -0.1) is 0 Å². The van der Waals surface area contributed by atoms with Gasteiger partial charge in [0.1, 0.15) is 0 Å². The summed E-state index contributed by atoms with van der Waals surface area (Å²) in [6, 6.07) is 0.312. The number of hydrogen-bond acceptors (Lipinski definition) is 4. The molecule has 0 aromatic rings. The summed E-state index contributed by atoms with van der Waals surface area (Å²) in [5, 5.41) is 0. The Balaban J connectivity index is 2.38. The molecule has 1 saturated carbocycles. The van der Waals surface area contributed by atoms with Gasteiger partial charge in [-0.2, -0.15) is 0 Å². The molecule has 6 heteroatoms. The normalized spacial score (nSPS) is 27.0. The van der Waals surface area contributed by atoms with Crippen molar-refractivity contribution in [2.45, 2.75) is 31.7 Å². The first-order chi connectivity index (χ1) is 7.67. The first kappa shape index (κ1) is 13.4. The molecule has 0 atom stereocenters. The van der Waals surface area contributed by atoms with E-state index in [1.807, 2.05) is 0 Å². The van der Waals surface area contributed by atoms with E-state index in [0.29, 0.717) is 6.04 Å². The van der Waals surface area contributed by atoms with Crippen molar-refractivity contribution in [3.8, 4) is 0 Å². The van der Waals surface area contributed by atoms with E-state index >= 15 is 0 Å². The third-order valence-electron chi connectivity index (χ3n) is 2.78. The number of allylic oxidation sites excluding steroid dienone is 1. The average molecular weight is 336 g/mol. The van der Waals surface area contributed by atoms with Crippen LogP contribution in [0.25, 0.3) is 0 Å². The van der Waals surface area contributed by atoms with Crippen LogP contribution < -0.4 is 17.0 Å². The molecular weight excluding hydrogens is 319 g/mol. The molecule has 1 aliphatic carbocycles. The summed E-state index contributed by atoms with van der Waals surface area (Å²) >= 11 is 2.13. The van der Waals surface area contributed by atoms with Crippen LogP contribution in [0, 0.1) is 5.92 Å². The van der Waals surface area contributed by atoms with Crippen molar-refractivity contribution in [2.24, 2.45) is 22.5 Å². The van der Waals surface area contributed by atoms with E-state index in [-0.39, 0.29) is 11.8 Å². The minimum atomic E-state index is -0.0566. The number of nitrogens with one attached hydrogen (secondary N) is 1. The smallest absolute Gasteiger partial charge is 0.236 e. The Morgan fingerprint density at radius 1 is 1.38 bits per heavy atom. The molecule has 0 aromatic carbocycles. The van der Waals surface area contributed by atoms with E-state index in [1.165, 1.54) is 6.20 Å². The van der Waals surface area contributed by atoms with Crippen LogP contribution in [-0.2, 0) is 4.79 Å². The number of nitrogens with zero attached hydrogens (tertiary/aromatic N) is 1. The van der Waals surface area contributed by atoms with Crippen LogP contribution >= 0.6 is 22.6 Å². The van der Waals surface area contributed by atoms with E-state index < -0.39 is 0 Å². The molecule has 0 unspecified atom stereocenters. The highest BCUT2D eigenvalue weighted by Gasteiger charge is 2.25. The largest absolute Gasteiger partial charge is 0.404 e. The van der Waals surface area contributed by atoms with Crippen LogP contribution in [0.1, 0.15) is 25.7 Å². The Labute approximate surface area is 109 Å². The molecule has 0 radical (unpaired) electrons. The standard InChI is InChI=1S/C10H17IN4O/c11-8(5-12)6-14-9-3-1-7(2-4-9)10(16)15-13/h5-7,9H,1-4,12-13H2,(H,15,16). The fourth-order valence-electron chi connectivity index (χ4n) is 1.82. The lowest BCUT2D eigenvalue weighted by Crippen LogP contribution is -2.37. The van der Waals surface area contributed by atoms with Crippen LogP contribution in [0.4, 0.5) is 0 Å². The van der Waals surface area contributed by atoms with Crippen LogP contribution in [0.2, 0.25) is 0 Å². The molecule has 1 amide bonds. The fraction of sp³-hybridized carbons (Fsp3) is 0.600. The van der Waals surface area contributed by atoms with Crippen molar-refractivity contribution in [3.63, 3.8) is 0 Å². The number of halogens is 1. The molecule has 5 N–H and O–H groups in total. The van der Waals surface area contributed by atoms with Crippen LogP contribution in [0.15, 0.2) is 14.8 Å². The Morgan fingerprint density at radius 3 is 2.50 bits per heavy atom. The minimum Gasteiger partial charge on any atom is -0.404 e. The molecule has 1 rings (SSSR count). The Kier molecular flexibility index (Phi) is 5.75. The van der Waals surface area contributed by atoms with Crippen molar-refractivity contribution < 1.29 is 4.79 Å². The van der Waals surface area contributed by atoms with Crippen molar-refractivity contribution in [1.29, 1.82) is 0 Å². The second-order valence-corrected chi connectivity index (χ2v) is 5.09. The number of amides is 1. The molecule has 0 saturated heterocycles. The van der Waals surface area contributed by atoms with Crippen LogP contribution in [-0.4, -0.2) is 18.2 Å². The Hall–Kier alpha value is -0.630. The lowest BCUT2D eigenvalue weighted by molar-refractivity contribution is -0.126. The van der Waals surface area contributed by atoms with Crippen molar-refractivity contribution in [3.05, 3.63) is 9.78 Å². The maximum absolute atomic E-state index is 11.3. The number of aliphatic imine (C=N–C) groups is 1. The second-order valence-electron chi connectivity index (χ2n) is 3.84. The lowest BCUT2D eigenvalue weighted by atomic mass is 9.86. The highest BCUT2D eigenvalue weighted by Crippen LogP contribution is 2.26. The van der Waals surface area contributed by atoms with Crippen LogP contribution in [0.5, 0.6) is 0 Å². The topological polar surface area (TPSA) is 93.5 Å². The highest BCUT2D eigenvalue weighted by atomic mass is 127. The summed E-state index contributed by atoms with van der Waals surface area (Å²) in [4.78, 5) is 15.7. The van der Waals surface area contributed by atoms with Gasteiger partial charge in [0, 0.05) is 21.9 Å². The zero-order chi connectivity index (χ0) is 12.0. The Bertz CT molecular complexity index is 295. The summed E-state index contributed by atoms with van der Waals surface area (Å²) in [6.07, 6.45) is 6.89. The van der Waals surface area contributed by atoms with E-state index in [0.717, 1.165) is 29.3 Å². The zero-order valence-corrected chi connectivity index (χ0v) is 11.2. The van der Waals surface area contributed by atoms with Gasteiger partial charge in [0.05, 0.1) is 6.04 Å². The number of rotatable bonds is 3. The van der Waals surface area contributed by atoms with Gasteiger partial charge in [0.2, 0.25) is 5.91 Å². The average Bonchev–Trinajstić information content (AvgIpc) is 2.35. The van der Waals surface area contributed by atoms with Crippen LogP contribution in [0.3, 0.4) is 0 Å². The first-order valence-electron chi connectivity index (χ1n) is 5.28.